The zero-order valence-corrected chi connectivity index (χ0v) is 17.8. The number of nitrogens with zero attached hydrogens (tertiary/aromatic N) is 1. The molecule has 0 saturated carbocycles. The summed E-state index contributed by atoms with van der Waals surface area (Å²) in [6.45, 7) is 2.03. The molecule has 1 aromatic carbocycles. The zero-order valence-electron chi connectivity index (χ0n) is 17.0. The summed E-state index contributed by atoms with van der Waals surface area (Å²) in [5, 5.41) is 0.318. The molecule has 0 spiro atoms. The summed E-state index contributed by atoms with van der Waals surface area (Å²) < 4.78 is 54.5. The lowest BCUT2D eigenvalue weighted by Gasteiger charge is -2.10. The standard InChI is InChI=1S/C21H17F2N3O5S/c1-10-12(21(28)30-2)8-16(31-10)32(29)26-15-6-5-14(22)17(18(15)23)19(27)13-9-25-20-11(13)4-3-7-24-20/h4-6,8-9,26H,3,7H2,1-2H3,(H,24,25). The third-order valence-corrected chi connectivity index (χ3v) is 5.87. The molecule has 2 aromatic heterocycles. The second-order valence-corrected chi connectivity index (χ2v) is 7.99. The number of rotatable bonds is 6. The van der Waals surface area contributed by atoms with Crippen LogP contribution in [0.2, 0.25) is 0 Å². The molecule has 0 aliphatic carbocycles. The Bertz CT molecular complexity index is 1390. The minimum absolute atomic E-state index is 0.0620. The first-order valence-electron chi connectivity index (χ1n) is 9.43. The highest BCUT2D eigenvalue weighted by Gasteiger charge is 2.26. The Kier molecular flexibility index (Phi) is 5.74. The fourth-order valence-electron chi connectivity index (χ4n) is 3.32. The van der Waals surface area contributed by atoms with Crippen molar-refractivity contribution in [3.8, 4) is 0 Å². The number of nitrogens with one attached hydrogen (secondary N) is 2. The van der Waals surface area contributed by atoms with E-state index in [0.29, 0.717) is 23.7 Å². The Hall–Kier alpha value is -3.60. The number of fused-ring (bicyclic) bond motifs is 1. The third kappa shape index (κ3) is 3.75. The molecule has 1 aliphatic heterocycles. The molecule has 1 atom stereocenters. The number of hydrogen-bond donors (Lipinski definition) is 2. The molecule has 0 fully saturated rings. The van der Waals surface area contributed by atoms with Gasteiger partial charge in [0, 0.05) is 29.6 Å². The van der Waals surface area contributed by atoms with Crippen LogP contribution in [0.4, 0.5) is 14.5 Å². The van der Waals surface area contributed by atoms with Gasteiger partial charge in [0.15, 0.2) is 16.8 Å². The maximum Gasteiger partial charge on any atom is 0.341 e. The number of carbonyl (C=O) groups excluding carboxylic acids is 2. The molecular weight excluding hydrogens is 444 g/mol. The van der Waals surface area contributed by atoms with Gasteiger partial charge in [-0.15, -0.1) is 0 Å². The topological polar surface area (TPSA) is 114 Å². The first-order chi connectivity index (χ1) is 15.3. The summed E-state index contributed by atoms with van der Waals surface area (Å²) in [6, 6.07) is 3.11. The highest BCUT2D eigenvalue weighted by molar-refractivity contribution is 7.86. The minimum atomic E-state index is -2.14. The van der Waals surface area contributed by atoms with E-state index < -0.39 is 39.9 Å². The van der Waals surface area contributed by atoms with Crippen molar-refractivity contribution in [2.75, 3.05) is 18.4 Å². The van der Waals surface area contributed by atoms with E-state index in [-0.39, 0.29) is 27.7 Å². The van der Waals surface area contributed by atoms with E-state index in [2.05, 4.69) is 19.4 Å². The molecule has 1 aliphatic rings. The van der Waals surface area contributed by atoms with E-state index in [0.717, 1.165) is 12.1 Å². The normalized spacial score (nSPS) is 13.5. The third-order valence-electron chi connectivity index (χ3n) is 4.89. The number of furan rings is 1. The molecule has 0 amide bonds. The minimum Gasteiger partial charge on any atom is -0.465 e. The molecule has 4 rings (SSSR count). The number of methoxy groups -OCH3 is 1. The lowest BCUT2D eigenvalue weighted by Crippen LogP contribution is -2.30. The molecule has 0 bridgehead atoms. The van der Waals surface area contributed by atoms with Crippen LogP contribution in [0, 0.1) is 18.6 Å². The summed E-state index contributed by atoms with van der Waals surface area (Å²) in [5.74, 6) is -3.66. The van der Waals surface area contributed by atoms with Crippen LogP contribution in [-0.4, -0.2) is 34.6 Å². The summed E-state index contributed by atoms with van der Waals surface area (Å²) >= 11 is 0. The van der Waals surface area contributed by atoms with Gasteiger partial charge in [0.25, 0.3) is 0 Å². The van der Waals surface area contributed by atoms with Crippen LogP contribution >= 0.6 is 0 Å². The van der Waals surface area contributed by atoms with E-state index in [4.69, 9.17) is 4.42 Å². The second kappa shape index (κ2) is 8.50. The fourth-order valence-corrected chi connectivity index (χ4v) is 4.20. The maximum atomic E-state index is 15.1. The number of H-pyrrole nitrogens is 1. The highest BCUT2D eigenvalue weighted by Crippen LogP contribution is 2.26. The summed E-state index contributed by atoms with van der Waals surface area (Å²) in [7, 11) is -0.961. The van der Waals surface area contributed by atoms with E-state index in [1.54, 1.807) is 6.08 Å². The Labute approximate surface area is 182 Å². The Balaban J connectivity index is 1.67. The molecular formula is C21H17F2N3O5S. The number of benzene rings is 1. The van der Waals surface area contributed by atoms with Gasteiger partial charge in [-0.1, -0.05) is 6.08 Å². The molecule has 0 saturated heterocycles. The molecule has 0 radical (unpaired) electrons. The average molecular weight is 461 g/mol. The van der Waals surface area contributed by atoms with Crippen LogP contribution in [-0.2, 0) is 15.7 Å². The Morgan fingerprint density at radius 3 is 2.81 bits per heavy atom. The molecule has 3 heterocycles. The SMILES string of the molecule is COC(=O)c1cc(S(=O)Nc2ccc(F)c(C(=O)c3c[nH]c4c3=CCCN=4)c2F)oc1C. The van der Waals surface area contributed by atoms with Gasteiger partial charge in [0.1, 0.15) is 22.6 Å². The first kappa shape index (κ1) is 21.6. The maximum absolute atomic E-state index is 15.1. The van der Waals surface area contributed by atoms with Crippen molar-refractivity contribution < 1.29 is 31.7 Å². The van der Waals surface area contributed by atoms with E-state index in [1.165, 1.54) is 26.3 Å². The van der Waals surface area contributed by atoms with Crippen LogP contribution < -0.4 is 15.4 Å². The molecule has 32 heavy (non-hydrogen) atoms. The number of ketones is 1. The summed E-state index contributed by atoms with van der Waals surface area (Å²) in [5.41, 5.74) is -0.542. The number of aromatic nitrogens is 1. The number of aromatic amines is 1. The highest BCUT2D eigenvalue weighted by atomic mass is 32.2. The van der Waals surface area contributed by atoms with Crippen molar-refractivity contribution in [1.29, 1.82) is 0 Å². The number of esters is 1. The van der Waals surface area contributed by atoms with Crippen molar-refractivity contribution in [3.05, 3.63) is 69.2 Å². The molecule has 2 N–H and O–H groups in total. The average Bonchev–Trinajstić information content (AvgIpc) is 3.39. The molecule has 11 heteroatoms. The van der Waals surface area contributed by atoms with Crippen LogP contribution in [0.25, 0.3) is 6.08 Å². The summed E-state index contributed by atoms with van der Waals surface area (Å²) in [6.07, 6.45) is 3.74. The molecule has 1 unspecified atom stereocenters. The van der Waals surface area contributed by atoms with Crippen LogP contribution in [0.3, 0.4) is 0 Å². The van der Waals surface area contributed by atoms with Gasteiger partial charge in [-0.25, -0.2) is 17.8 Å². The van der Waals surface area contributed by atoms with E-state index in [1.807, 2.05) is 0 Å². The fraction of sp³-hybridized carbons (Fsp3) is 0.190. The number of carbonyl (C=O) groups is 2. The second-order valence-electron chi connectivity index (χ2n) is 6.85. The van der Waals surface area contributed by atoms with Crippen molar-refractivity contribution >= 4 is 34.5 Å². The predicted octanol–water partition coefficient (Wildman–Crippen LogP) is 2.15. The predicted molar refractivity (Wildman–Crippen MR) is 110 cm³/mol. The number of ether oxygens (including phenoxy) is 1. The molecule has 166 valence electrons. The van der Waals surface area contributed by atoms with Crippen molar-refractivity contribution in [3.63, 3.8) is 0 Å². The summed E-state index contributed by atoms with van der Waals surface area (Å²) in [4.78, 5) is 31.7. The van der Waals surface area contributed by atoms with Crippen LogP contribution in [0.5, 0.6) is 0 Å². The van der Waals surface area contributed by atoms with Crippen LogP contribution in [0.1, 0.15) is 38.5 Å². The van der Waals surface area contributed by atoms with Crippen molar-refractivity contribution in [1.82, 2.24) is 4.98 Å². The Morgan fingerprint density at radius 1 is 1.28 bits per heavy atom. The number of halogens is 2. The number of aryl methyl sites for hydroxylation is 1. The van der Waals surface area contributed by atoms with Gasteiger partial charge in [0.05, 0.1) is 18.4 Å². The van der Waals surface area contributed by atoms with Crippen LogP contribution in [0.15, 0.2) is 38.9 Å². The van der Waals surface area contributed by atoms with E-state index in [9.17, 15) is 18.2 Å². The molecule has 3 aromatic rings. The van der Waals surface area contributed by atoms with Gasteiger partial charge in [-0.2, -0.15) is 0 Å². The Morgan fingerprint density at radius 2 is 2.06 bits per heavy atom. The lowest BCUT2D eigenvalue weighted by atomic mass is 10.0. The zero-order chi connectivity index (χ0) is 23.0. The van der Waals surface area contributed by atoms with Crippen molar-refractivity contribution in [2.24, 2.45) is 4.99 Å². The lowest BCUT2D eigenvalue weighted by molar-refractivity contribution is 0.0598. The molecule has 8 nitrogen and oxygen atoms in total. The van der Waals surface area contributed by atoms with Gasteiger partial charge in [-0.05, 0) is 25.5 Å². The number of hydrogen-bond acceptors (Lipinski definition) is 6. The van der Waals surface area contributed by atoms with Gasteiger partial charge >= 0.3 is 5.97 Å². The largest absolute Gasteiger partial charge is 0.465 e. The smallest absolute Gasteiger partial charge is 0.341 e. The van der Waals surface area contributed by atoms with Gasteiger partial charge in [-0.3, -0.25) is 14.5 Å². The van der Waals surface area contributed by atoms with Crippen molar-refractivity contribution in [2.45, 2.75) is 18.4 Å². The first-order valence-corrected chi connectivity index (χ1v) is 10.6. The van der Waals surface area contributed by atoms with Gasteiger partial charge < -0.3 is 14.1 Å². The monoisotopic (exact) mass is 461 g/mol. The quantitative estimate of drug-likeness (QED) is 0.431. The number of anilines is 1. The van der Waals surface area contributed by atoms with E-state index >= 15 is 4.39 Å². The van der Waals surface area contributed by atoms with Gasteiger partial charge in [0.2, 0.25) is 10.9 Å².